The number of piperidine rings is 1. The topological polar surface area (TPSA) is 38.5 Å². The molecule has 1 aromatic carbocycles. The summed E-state index contributed by atoms with van der Waals surface area (Å²) < 4.78 is 11.4. The molecule has 1 aromatic heterocycles. The van der Waals surface area contributed by atoms with E-state index >= 15 is 0 Å². The Bertz CT molecular complexity index is 750. The fourth-order valence-corrected chi connectivity index (χ4v) is 3.72. The minimum Gasteiger partial charge on any atom is -0.492 e. The Kier molecular flexibility index (Phi) is 6.15. The van der Waals surface area contributed by atoms with E-state index in [-0.39, 0.29) is 0 Å². The fraction of sp³-hybridized carbons (Fsp3) is 0.500. The fourth-order valence-electron chi connectivity index (χ4n) is 3.72. The van der Waals surface area contributed by atoms with Crippen LogP contribution in [0.15, 0.2) is 35.4 Å². The van der Waals surface area contributed by atoms with Crippen LogP contribution in [0.25, 0.3) is 5.57 Å². The van der Waals surface area contributed by atoms with Gasteiger partial charge in [-0.05, 0) is 62.9 Å². The van der Waals surface area contributed by atoms with Gasteiger partial charge >= 0.3 is 0 Å². The molecule has 140 valence electrons. The van der Waals surface area contributed by atoms with E-state index < -0.39 is 0 Å². The zero-order chi connectivity index (χ0) is 18.5. The van der Waals surface area contributed by atoms with Gasteiger partial charge in [-0.3, -0.25) is 4.90 Å². The van der Waals surface area contributed by atoms with Gasteiger partial charge in [0.2, 0.25) is 0 Å². The lowest BCUT2D eigenvalue weighted by Gasteiger charge is -2.34. The average Bonchev–Trinajstić information content (AvgIpc) is 3.05. The lowest BCUT2D eigenvalue weighted by atomic mass is 10.00. The van der Waals surface area contributed by atoms with Gasteiger partial charge < -0.3 is 9.26 Å². The lowest BCUT2D eigenvalue weighted by molar-refractivity contribution is 0.0911. The Morgan fingerprint density at radius 1 is 1.35 bits per heavy atom. The van der Waals surface area contributed by atoms with E-state index in [0.29, 0.717) is 12.6 Å². The van der Waals surface area contributed by atoms with Crippen molar-refractivity contribution in [2.24, 2.45) is 0 Å². The number of hydrogen-bond donors (Lipinski definition) is 0. The number of nitrogens with zero attached hydrogens (tertiary/aromatic N) is 2. The number of allylic oxidation sites excluding steroid dienone is 1. The highest BCUT2D eigenvalue weighted by molar-refractivity contribution is 5.65. The summed E-state index contributed by atoms with van der Waals surface area (Å²) in [5, 5.41) is 4.15. The first-order valence-corrected chi connectivity index (χ1v) is 9.64. The van der Waals surface area contributed by atoms with E-state index in [0.717, 1.165) is 42.3 Å². The van der Waals surface area contributed by atoms with Crippen LogP contribution in [-0.2, 0) is 13.0 Å². The highest BCUT2D eigenvalue weighted by atomic mass is 16.5. The molecule has 4 heteroatoms. The summed E-state index contributed by atoms with van der Waals surface area (Å²) in [7, 11) is 0. The second-order valence-corrected chi connectivity index (χ2v) is 7.31. The maximum atomic E-state index is 6.18. The molecular weight excluding hydrogens is 324 g/mol. The Balaban J connectivity index is 1.64. The van der Waals surface area contributed by atoms with Crippen molar-refractivity contribution in [2.45, 2.75) is 59.0 Å². The molecular formula is C22H30N2O2. The number of hydrogen-bond acceptors (Lipinski definition) is 4. The van der Waals surface area contributed by atoms with Crippen LogP contribution in [-0.4, -0.2) is 29.3 Å². The number of likely N-dealkylation sites (tertiary alicyclic amines) is 1. The highest BCUT2D eigenvalue weighted by Gasteiger charge is 2.24. The number of benzene rings is 1. The van der Waals surface area contributed by atoms with Crippen LogP contribution in [0, 0.1) is 6.92 Å². The molecule has 0 saturated carbocycles. The molecule has 0 amide bonds. The summed E-state index contributed by atoms with van der Waals surface area (Å²) in [5.41, 5.74) is 4.65. The molecule has 0 bridgehead atoms. The van der Waals surface area contributed by atoms with Crippen LogP contribution in [0.2, 0.25) is 0 Å². The Morgan fingerprint density at radius 3 is 2.88 bits per heavy atom. The van der Waals surface area contributed by atoms with Gasteiger partial charge in [0.05, 0.1) is 5.69 Å². The van der Waals surface area contributed by atoms with E-state index in [4.69, 9.17) is 9.26 Å². The van der Waals surface area contributed by atoms with Crippen LogP contribution in [0.4, 0.5) is 0 Å². The first-order valence-electron chi connectivity index (χ1n) is 9.64. The van der Waals surface area contributed by atoms with Crippen molar-refractivity contribution in [3.8, 4) is 5.75 Å². The van der Waals surface area contributed by atoms with Crippen LogP contribution in [0.1, 0.15) is 55.7 Å². The Morgan fingerprint density at radius 2 is 2.19 bits per heavy atom. The largest absolute Gasteiger partial charge is 0.492 e. The molecule has 2 heterocycles. The number of aromatic nitrogens is 1. The maximum absolute atomic E-state index is 6.18. The first kappa shape index (κ1) is 18.7. The van der Waals surface area contributed by atoms with E-state index in [1.54, 1.807) is 0 Å². The predicted octanol–water partition coefficient (Wildman–Crippen LogP) is 5.01. The van der Waals surface area contributed by atoms with E-state index in [2.05, 4.69) is 48.7 Å². The average molecular weight is 354 g/mol. The van der Waals surface area contributed by atoms with Crippen LogP contribution >= 0.6 is 0 Å². The van der Waals surface area contributed by atoms with Crippen LogP contribution < -0.4 is 4.74 Å². The molecule has 1 fully saturated rings. The van der Waals surface area contributed by atoms with E-state index in [1.807, 2.05) is 13.0 Å². The zero-order valence-electron chi connectivity index (χ0n) is 16.3. The van der Waals surface area contributed by atoms with Crippen LogP contribution in [0.5, 0.6) is 5.75 Å². The summed E-state index contributed by atoms with van der Waals surface area (Å²) in [6, 6.07) is 8.81. The van der Waals surface area contributed by atoms with E-state index in [9.17, 15) is 0 Å². The molecule has 1 atom stereocenters. The third kappa shape index (κ3) is 4.55. The molecule has 2 aromatic rings. The maximum Gasteiger partial charge on any atom is 0.133 e. The van der Waals surface area contributed by atoms with Gasteiger partial charge in [-0.25, -0.2) is 0 Å². The zero-order valence-corrected chi connectivity index (χ0v) is 16.3. The smallest absolute Gasteiger partial charge is 0.133 e. The molecule has 0 spiro atoms. The minimum atomic E-state index is 0.423. The first-order chi connectivity index (χ1) is 12.6. The molecule has 26 heavy (non-hydrogen) atoms. The molecule has 1 aliphatic rings. The van der Waals surface area contributed by atoms with Gasteiger partial charge in [-0.2, -0.15) is 0 Å². The minimum absolute atomic E-state index is 0.423. The summed E-state index contributed by atoms with van der Waals surface area (Å²) >= 11 is 0. The Labute approximate surface area is 156 Å². The number of ether oxygens (including phenoxy) is 1. The second kappa shape index (κ2) is 8.54. The lowest BCUT2D eigenvalue weighted by Crippen LogP contribution is -2.42. The van der Waals surface area contributed by atoms with Crippen LogP contribution in [0.3, 0.4) is 0 Å². The summed E-state index contributed by atoms with van der Waals surface area (Å²) in [5.74, 6) is 1.82. The summed E-state index contributed by atoms with van der Waals surface area (Å²) in [6.07, 6.45) is 4.65. The van der Waals surface area contributed by atoms with Gasteiger partial charge in [0, 0.05) is 18.7 Å². The normalized spacial score (nSPS) is 18.0. The second-order valence-electron chi connectivity index (χ2n) is 7.31. The van der Waals surface area contributed by atoms with Gasteiger partial charge in [0.25, 0.3) is 0 Å². The van der Waals surface area contributed by atoms with Crippen molar-refractivity contribution in [2.75, 3.05) is 13.2 Å². The van der Waals surface area contributed by atoms with Gasteiger partial charge in [-0.15, -0.1) is 0 Å². The van der Waals surface area contributed by atoms with Crippen molar-refractivity contribution < 1.29 is 9.26 Å². The van der Waals surface area contributed by atoms with Gasteiger partial charge in [0.15, 0.2) is 0 Å². The summed E-state index contributed by atoms with van der Waals surface area (Å²) in [4.78, 5) is 2.48. The van der Waals surface area contributed by atoms with Gasteiger partial charge in [0.1, 0.15) is 18.1 Å². The quantitative estimate of drug-likeness (QED) is 0.700. The molecule has 1 aliphatic heterocycles. The SMILES string of the molecule is C=C(C)c1ccc(OCC2CCCCN2Cc2cc(C)on2)cc1CC. The molecule has 4 nitrogen and oxygen atoms in total. The molecule has 1 saturated heterocycles. The van der Waals surface area contributed by atoms with Crippen molar-refractivity contribution in [1.82, 2.24) is 10.1 Å². The van der Waals surface area contributed by atoms with Crippen molar-refractivity contribution in [3.63, 3.8) is 0 Å². The predicted molar refractivity (Wildman–Crippen MR) is 105 cm³/mol. The third-order valence-electron chi connectivity index (χ3n) is 5.15. The summed E-state index contributed by atoms with van der Waals surface area (Å²) in [6.45, 7) is 12.9. The standard InChI is InChI=1S/C22H30N2O2/c1-5-18-13-21(9-10-22(18)16(2)3)25-15-20-8-6-7-11-24(20)14-19-12-17(4)26-23-19/h9-10,12-13,20H,2,5-8,11,14-15H2,1,3-4H3. The molecule has 0 radical (unpaired) electrons. The van der Waals surface area contributed by atoms with E-state index in [1.165, 1.54) is 30.4 Å². The van der Waals surface area contributed by atoms with Gasteiger partial charge in [-0.1, -0.05) is 36.7 Å². The monoisotopic (exact) mass is 354 g/mol. The van der Waals surface area contributed by atoms with Crippen molar-refractivity contribution in [1.29, 1.82) is 0 Å². The number of aryl methyl sites for hydroxylation is 2. The number of rotatable bonds is 7. The molecule has 3 rings (SSSR count). The van der Waals surface area contributed by atoms with Crippen molar-refractivity contribution in [3.05, 3.63) is 53.4 Å². The van der Waals surface area contributed by atoms with Crippen molar-refractivity contribution >= 4 is 5.57 Å². The molecule has 1 unspecified atom stereocenters. The molecule has 0 N–H and O–H groups in total. The third-order valence-corrected chi connectivity index (χ3v) is 5.15. The molecule has 0 aliphatic carbocycles. The Hall–Kier alpha value is -2.07. The highest BCUT2D eigenvalue weighted by Crippen LogP contribution is 2.25.